The predicted molar refractivity (Wildman–Crippen MR) is 73.9 cm³/mol. The Morgan fingerprint density at radius 2 is 1.94 bits per heavy atom. The van der Waals surface area contributed by atoms with Crippen molar-refractivity contribution < 1.29 is 4.79 Å². The summed E-state index contributed by atoms with van der Waals surface area (Å²) >= 11 is 0. The number of primary amides is 1. The monoisotopic (exact) mass is 252 g/mol. The van der Waals surface area contributed by atoms with Crippen molar-refractivity contribution in [3.63, 3.8) is 0 Å². The summed E-state index contributed by atoms with van der Waals surface area (Å²) in [4.78, 5) is 15.2. The van der Waals surface area contributed by atoms with E-state index in [0.717, 1.165) is 37.8 Å². The smallest absolute Gasteiger partial charge is 0.220 e. The van der Waals surface area contributed by atoms with Crippen molar-refractivity contribution in [2.24, 2.45) is 28.3 Å². The molecule has 0 aromatic carbocycles. The molecule has 0 aliphatic heterocycles. The van der Waals surface area contributed by atoms with Crippen LogP contribution in [0.15, 0.2) is 17.1 Å². The number of nitrogens with two attached hydrogens (primary N) is 2. The molecule has 5 N–H and O–H groups in total. The van der Waals surface area contributed by atoms with Crippen LogP contribution in [0.25, 0.3) is 0 Å². The summed E-state index contributed by atoms with van der Waals surface area (Å²) in [5.74, 6) is 0.925. The molecule has 5 heteroatoms. The van der Waals surface area contributed by atoms with E-state index in [2.05, 4.69) is 16.9 Å². The molecule has 0 unspecified atom stereocenters. The minimum Gasteiger partial charge on any atom is -0.370 e. The zero-order valence-corrected chi connectivity index (χ0v) is 11.1. The second kappa shape index (κ2) is 7.03. The van der Waals surface area contributed by atoms with E-state index in [1.54, 1.807) is 0 Å². The number of nitrogens with zero attached hydrogens (tertiary/aromatic N) is 1. The number of aliphatic imine (C=N–C) groups is 1. The SMILES string of the molecule is C=C(C)CN=C(N)NCC1CCC(C(N)=O)CC1. The molecule has 1 rings (SSSR count). The number of hydrogen-bond acceptors (Lipinski definition) is 2. The Labute approximate surface area is 109 Å². The van der Waals surface area contributed by atoms with Gasteiger partial charge in [0.1, 0.15) is 0 Å². The average molecular weight is 252 g/mol. The molecule has 1 aliphatic carbocycles. The van der Waals surface area contributed by atoms with Gasteiger partial charge in [0.05, 0.1) is 6.54 Å². The van der Waals surface area contributed by atoms with Gasteiger partial charge in [-0.25, -0.2) is 4.99 Å². The number of nitrogens with one attached hydrogen (secondary N) is 1. The maximum Gasteiger partial charge on any atom is 0.220 e. The maximum atomic E-state index is 11.0. The molecule has 0 saturated heterocycles. The van der Waals surface area contributed by atoms with Crippen LogP contribution in [0, 0.1) is 11.8 Å². The Morgan fingerprint density at radius 3 is 2.44 bits per heavy atom. The van der Waals surface area contributed by atoms with Crippen molar-refractivity contribution in [1.29, 1.82) is 0 Å². The Kier molecular flexibility index (Phi) is 5.68. The van der Waals surface area contributed by atoms with E-state index in [1.807, 2.05) is 6.92 Å². The molecule has 0 atom stereocenters. The van der Waals surface area contributed by atoms with Crippen LogP contribution in [0.3, 0.4) is 0 Å². The molecule has 1 fully saturated rings. The van der Waals surface area contributed by atoms with Crippen molar-refractivity contribution in [3.05, 3.63) is 12.2 Å². The Balaban J connectivity index is 2.23. The van der Waals surface area contributed by atoms with E-state index in [1.165, 1.54) is 0 Å². The van der Waals surface area contributed by atoms with Crippen molar-refractivity contribution in [2.45, 2.75) is 32.6 Å². The van der Waals surface area contributed by atoms with E-state index >= 15 is 0 Å². The number of amides is 1. The van der Waals surface area contributed by atoms with Crippen LogP contribution in [-0.4, -0.2) is 25.0 Å². The summed E-state index contributed by atoms with van der Waals surface area (Å²) in [5.41, 5.74) is 12.0. The van der Waals surface area contributed by atoms with Gasteiger partial charge in [0.25, 0.3) is 0 Å². The van der Waals surface area contributed by atoms with Gasteiger partial charge in [-0.3, -0.25) is 4.79 Å². The molecule has 0 bridgehead atoms. The van der Waals surface area contributed by atoms with Gasteiger partial charge in [-0.1, -0.05) is 12.2 Å². The number of rotatable bonds is 5. The molecule has 1 aliphatic rings. The number of carbonyl (C=O) groups excluding carboxylic acids is 1. The van der Waals surface area contributed by atoms with Crippen LogP contribution in [-0.2, 0) is 4.79 Å². The van der Waals surface area contributed by atoms with Gasteiger partial charge < -0.3 is 16.8 Å². The van der Waals surface area contributed by atoms with E-state index in [0.29, 0.717) is 18.4 Å². The van der Waals surface area contributed by atoms with E-state index in [-0.39, 0.29) is 11.8 Å². The fraction of sp³-hybridized carbons (Fsp3) is 0.692. The van der Waals surface area contributed by atoms with Crippen LogP contribution in [0.5, 0.6) is 0 Å². The standard InChI is InChI=1S/C13H24N4O/c1-9(2)7-16-13(15)17-8-10-3-5-11(6-4-10)12(14)18/h10-11H,1,3-8H2,2H3,(H2,14,18)(H3,15,16,17). The van der Waals surface area contributed by atoms with Gasteiger partial charge in [-0.05, 0) is 38.5 Å². The summed E-state index contributed by atoms with van der Waals surface area (Å²) in [6.07, 6.45) is 3.83. The number of hydrogen-bond donors (Lipinski definition) is 3. The van der Waals surface area contributed by atoms with Crippen molar-refractivity contribution >= 4 is 11.9 Å². The second-order valence-electron chi connectivity index (χ2n) is 5.16. The zero-order valence-electron chi connectivity index (χ0n) is 11.1. The molecule has 5 nitrogen and oxygen atoms in total. The third-order valence-electron chi connectivity index (χ3n) is 3.34. The highest BCUT2D eigenvalue weighted by molar-refractivity contribution is 5.78. The fourth-order valence-corrected chi connectivity index (χ4v) is 2.18. The molecule has 0 spiro atoms. The Bertz CT molecular complexity index is 330. The van der Waals surface area contributed by atoms with Crippen LogP contribution >= 0.6 is 0 Å². The molecule has 1 amide bonds. The van der Waals surface area contributed by atoms with Crippen LogP contribution in [0.2, 0.25) is 0 Å². The van der Waals surface area contributed by atoms with E-state index in [9.17, 15) is 4.79 Å². The topological polar surface area (TPSA) is 93.5 Å². The first-order valence-corrected chi connectivity index (χ1v) is 6.46. The first-order chi connectivity index (χ1) is 8.49. The molecule has 0 radical (unpaired) electrons. The summed E-state index contributed by atoms with van der Waals surface area (Å²) in [6.45, 7) is 7.07. The van der Waals surface area contributed by atoms with Gasteiger partial charge in [0.15, 0.2) is 5.96 Å². The van der Waals surface area contributed by atoms with Gasteiger partial charge in [0.2, 0.25) is 5.91 Å². The second-order valence-corrected chi connectivity index (χ2v) is 5.16. The summed E-state index contributed by atoms with van der Waals surface area (Å²) in [7, 11) is 0. The van der Waals surface area contributed by atoms with Crippen molar-refractivity contribution in [3.8, 4) is 0 Å². The normalized spacial score (nSPS) is 24.6. The molecular formula is C13H24N4O. The van der Waals surface area contributed by atoms with Crippen LogP contribution in [0.1, 0.15) is 32.6 Å². The van der Waals surface area contributed by atoms with Crippen LogP contribution in [0.4, 0.5) is 0 Å². The average Bonchev–Trinajstić information content (AvgIpc) is 2.34. The summed E-state index contributed by atoms with van der Waals surface area (Å²) < 4.78 is 0. The predicted octanol–water partition coefficient (Wildman–Crippen LogP) is 0.759. The third kappa shape index (κ3) is 5.21. The third-order valence-corrected chi connectivity index (χ3v) is 3.34. The lowest BCUT2D eigenvalue weighted by Gasteiger charge is -2.26. The molecule has 0 aromatic rings. The molecule has 102 valence electrons. The van der Waals surface area contributed by atoms with Gasteiger partial charge in [-0.2, -0.15) is 0 Å². The number of guanidine groups is 1. The zero-order chi connectivity index (χ0) is 13.5. The Hall–Kier alpha value is -1.52. The van der Waals surface area contributed by atoms with Gasteiger partial charge in [0, 0.05) is 12.5 Å². The molecule has 18 heavy (non-hydrogen) atoms. The highest BCUT2D eigenvalue weighted by Crippen LogP contribution is 2.27. The lowest BCUT2D eigenvalue weighted by Crippen LogP contribution is -2.37. The first-order valence-electron chi connectivity index (χ1n) is 6.46. The lowest BCUT2D eigenvalue weighted by atomic mass is 9.82. The van der Waals surface area contributed by atoms with E-state index in [4.69, 9.17) is 11.5 Å². The molecule has 0 aromatic heterocycles. The number of carbonyl (C=O) groups is 1. The first kappa shape index (κ1) is 14.5. The lowest BCUT2D eigenvalue weighted by molar-refractivity contribution is -0.122. The van der Waals surface area contributed by atoms with Crippen molar-refractivity contribution in [2.75, 3.05) is 13.1 Å². The molecule has 1 saturated carbocycles. The molecular weight excluding hydrogens is 228 g/mol. The Morgan fingerprint density at radius 1 is 1.33 bits per heavy atom. The minimum atomic E-state index is -0.163. The maximum absolute atomic E-state index is 11.0. The van der Waals surface area contributed by atoms with E-state index < -0.39 is 0 Å². The van der Waals surface area contributed by atoms with Crippen LogP contribution < -0.4 is 16.8 Å². The van der Waals surface area contributed by atoms with Gasteiger partial charge in [-0.15, -0.1) is 0 Å². The summed E-state index contributed by atoms with van der Waals surface area (Å²) in [6, 6.07) is 0. The van der Waals surface area contributed by atoms with Gasteiger partial charge >= 0.3 is 0 Å². The molecule has 0 heterocycles. The largest absolute Gasteiger partial charge is 0.370 e. The summed E-state index contributed by atoms with van der Waals surface area (Å²) in [5, 5.41) is 3.12. The minimum absolute atomic E-state index is 0.0654. The fourth-order valence-electron chi connectivity index (χ4n) is 2.18. The quantitative estimate of drug-likeness (QED) is 0.383. The van der Waals surface area contributed by atoms with Crippen molar-refractivity contribution in [1.82, 2.24) is 5.32 Å². The highest BCUT2D eigenvalue weighted by Gasteiger charge is 2.24. The highest BCUT2D eigenvalue weighted by atomic mass is 16.1.